The van der Waals surface area contributed by atoms with Gasteiger partial charge in [0, 0.05) is 9.75 Å². The second-order valence-corrected chi connectivity index (χ2v) is 7.73. The van der Waals surface area contributed by atoms with E-state index in [0.717, 1.165) is 14.1 Å². The third-order valence-electron chi connectivity index (χ3n) is 3.17. The van der Waals surface area contributed by atoms with Crippen LogP contribution in [-0.4, -0.2) is 19.1 Å². The number of methoxy groups -OCH3 is 1. The van der Waals surface area contributed by atoms with E-state index < -0.39 is 0 Å². The second kappa shape index (κ2) is 7.40. The predicted octanol–water partition coefficient (Wildman–Crippen LogP) is 4.34. The Morgan fingerprint density at radius 3 is 2.52 bits per heavy atom. The first-order chi connectivity index (χ1) is 10.0. The molecule has 1 N–H and O–H groups in total. The van der Waals surface area contributed by atoms with E-state index in [4.69, 9.17) is 16.3 Å². The molecule has 0 saturated carbocycles. The van der Waals surface area contributed by atoms with Crippen LogP contribution >= 0.6 is 34.3 Å². The molecule has 0 aliphatic rings. The van der Waals surface area contributed by atoms with Crippen molar-refractivity contribution in [3.05, 3.63) is 43.7 Å². The molecule has 2 aromatic heterocycles. The Morgan fingerprint density at radius 1 is 1.29 bits per heavy atom. The molecular formula is C15H18ClNO2S2. The molecular weight excluding hydrogens is 326 g/mol. The summed E-state index contributed by atoms with van der Waals surface area (Å²) in [6, 6.07) is 7.54. The van der Waals surface area contributed by atoms with E-state index in [1.54, 1.807) is 11.3 Å². The molecule has 21 heavy (non-hydrogen) atoms. The normalized spacial score (nSPS) is 14.1. The summed E-state index contributed by atoms with van der Waals surface area (Å²) in [7, 11) is 1.42. The predicted molar refractivity (Wildman–Crippen MR) is 89.3 cm³/mol. The minimum atomic E-state index is -0.358. The number of carbonyl (C=O) groups excluding carboxylic acids is 1. The summed E-state index contributed by atoms with van der Waals surface area (Å²) in [5.74, 6) is -0.107. The number of thiophene rings is 2. The lowest BCUT2D eigenvalue weighted by Gasteiger charge is -2.25. The van der Waals surface area contributed by atoms with Crippen molar-refractivity contribution in [2.45, 2.75) is 25.9 Å². The van der Waals surface area contributed by atoms with E-state index in [9.17, 15) is 4.79 Å². The number of carbonyl (C=O) groups is 1. The van der Waals surface area contributed by atoms with Gasteiger partial charge in [-0.25, -0.2) is 0 Å². The SMILES string of the molecule is COC(=O)[C@@H](NC(c1cccs1)c1ccc(Cl)s1)C(C)C. The van der Waals surface area contributed by atoms with Crippen LogP contribution in [-0.2, 0) is 9.53 Å². The lowest BCUT2D eigenvalue weighted by molar-refractivity contribution is -0.144. The molecule has 0 saturated heterocycles. The van der Waals surface area contributed by atoms with Gasteiger partial charge in [0.15, 0.2) is 0 Å². The maximum atomic E-state index is 12.0. The monoisotopic (exact) mass is 343 g/mol. The zero-order valence-corrected chi connectivity index (χ0v) is 14.5. The van der Waals surface area contributed by atoms with Gasteiger partial charge < -0.3 is 4.74 Å². The highest BCUT2D eigenvalue weighted by atomic mass is 35.5. The highest BCUT2D eigenvalue weighted by molar-refractivity contribution is 7.16. The summed E-state index contributed by atoms with van der Waals surface area (Å²) in [6.07, 6.45) is 0. The molecule has 2 atom stereocenters. The summed E-state index contributed by atoms with van der Waals surface area (Å²) in [6.45, 7) is 4.00. The average molecular weight is 344 g/mol. The molecule has 0 amide bonds. The first-order valence-electron chi connectivity index (χ1n) is 6.65. The van der Waals surface area contributed by atoms with Crippen LogP contribution in [0, 0.1) is 5.92 Å². The summed E-state index contributed by atoms with van der Waals surface area (Å²) in [5, 5.41) is 5.45. The van der Waals surface area contributed by atoms with Crippen LogP contribution in [0.3, 0.4) is 0 Å². The fraction of sp³-hybridized carbons (Fsp3) is 0.400. The number of esters is 1. The number of ether oxygens (including phenoxy) is 1. The zero-order valence-electron chi connectivity index (χ0n) is 12.1. The fourth-order valence-electron chi connectivity index (χ4n) is 2.08. The first-order valence-corrected chi connectivity index (χ1v) is 8.73. The summed E-state index contributed by atoms with van der Waals surface area (Å²) < 4.78 is 5.66. The van der Waals surface area contributed by atoms with Crippen molar-refractivity contribution in [2.24, 2.45) is 5.92 Å². The third kappa shape index (κ3) is 4.07. The van der Waals surface area contributed by atoms with Gasteiger partial charge in [0.2, 0.25) is 0 Å². The molecule has 1 unspecified atom stereocenters. The van der Waals surface area contributed by atoms with E-state index in [1.807, 2.05) is 37.4 Å². The van der Waals surface area contributed by atoms with Crippen molar-refractivity contribution in [3.63, 3.8) is 0 Å². The molecule has 3 nitrogen and oxygen atoms in total. The van der Waals surface area contributed by atoms with Crippen molar-refractivity contribution in [1.29, 1.82) is 0 Å². The van der Waals surface area contributed by atoms with Crippen LogP contribution in [0.5, 0.6) is 0 Å². The minimum absolute atomic E-state index is 0.0472. The maximum absolute atomic E-state index is 12.0. The van der Waals surface area contributed by atoms with E-state index >= 15 is 0 Å². The van der Waals surface area contributed by atoms with Crippen molar-refractivity contribution >= 4 is 40.2 Å². The van der Waals surface area contributed by atoms with E-state index in [0.29, 0.717) is 0 Å². The highest BCUT2D eigenvalue weighted by Gasteiger charge is 2.28. The standard InChI is InChI=1S/C15H18ClNO2S2/c1-9(2)13(15(18)19-3)17-14(10-5-4-8-20-10)11-6-7-12(16)21-11/h4-9,13-14,17H,1-3H3/t13-,14?/m0/s1. The van der Waals surface area contributed by atoms with Gasteiger partial charge in [-0.2, -0.15) is 0 Å². The molecule has 0 bridgehead atoms. The Balaban J connectivity index is 2.30. The number of hydrogen-bond donors (Lipinski definition) is 1. The summed E-state index contributed by atoms with van der Waals surface area (Å²) in [4.78, 5) is 14.2. The van der Waals surface area contributed by atoms with Crippen molar-refractivity contribution in [1.82, 2.24) is 5.32 Å². The van der Waals surface area contributed by atoms with Gasteiger partial charge in [-0.15, -0.1) is 22.7 Å². The van der Waals surface area contributed by atoms with Crippen LogP contribution < -0.4 is 5.32 Å². The van der Waals surface area contributed by atoms with Gasteiger partial charge in [0.1, 0.15) is 6.04 Å². The van der Waals surface area contributed by atoms with Crippen molar-refractivity contribution in [3.8, 4) is 0 Å². The fourth-order valence-corrected chi connectivity index (χ4v) is 4.10. The molecule has 6 heteroatoms. The molecule has 0 spiro atoms. The third-order valence-corrected chi connectivity index (χ3v) is 5.41. The van der Waals surface area contributed by atoms with Crippen LogP contribution in [0.15, 0.2) is 29.6 Å². The van der Waals surface area contributed by atoms with E-state index in [1.165, 1.54) is 18.4 Å². The van der Waals surface area contributed by atoms with Crippen LogP contribution in [0.2, 0.25) is 4.34 Å². The molecule has 2 heterocycles. The number of rotatable bonds is 6. The Kier molecular flexibility index (Phi) is 5.81. The zero-order chi connectivity index (χ0) is 15.4. The smallest absolute Gasteiger partial charge is 0.323 e. The Hall–Kier alpha value is -0.880. The Morgan fingerprint density at radius 2 is 2.05 bits per heavy atom. The van der Waals surface area contributed by atoms with Crippen molar-refractivity contribution < 1.29 is 9.53 Å². The molecule has 0 aliphatic heterocycles. The molecule has 0 aliphatic carbocycles. The lowest BCUT2D eigenvalue weighted by atomic mass is 10.0. The lowest BCUT2D eigenvalue weighted by Crippen LogP contribution is -2.43. The van der Waals surface area contributed by atoms with Crippen LogP contribution in [0.1, 0.15) is 29.6 Å². The first kappa shape index (κ1) is 16.5. The Labute approximate surface area is 137 Å². The number of nitrogens with one attached hydrogen (secondary N) is 1. The molecule has 114 valence electrons. The highest BCUT2D eigenvalue weighted by Crippen LogP contribution is 2.33. The van der Waals surface area contributed by atoms with Gasteiger partial charge in [-0.05, 0) is 29.5 Å². The maximum Gasteiger partial charge on any atom is 0.323 e. The molecule has 2 aromatic rings. The number of hydrogen-bond acceptors (Lipinski definition) is 5. The Bertz CT molecular complexity index is 580. The van der Waals surface area contributed by atoms with Gasteiger partial charge in [0.05, 0.1) is 17.5 Å². The van der Waals surface area contributed by atoms with Gasteiger partial charge >= 0.3 is 5.97 Å². The topological polar surface area (TPSA) is 38.3 Å². The second-order valence-electron chi connectivity index (χ2n) is 5.00. The molecule has 0 radical (unpaired) electrons. The van der Waals surface area contributed by atoms with E-state index in [2.05, 4.69) is 11.4 Å². The summed E-state index contributed by atoms with van der Waals surface area (Å²) >= 11 is 9.24. The molecule has 2 rings (SSSR count). The van der Waals surface area contributed by atoms with Crippen LogP contribution in [0.25, 0.3) is 0 Å². The van der Waals surface area contributed by atoms with E-state index in [-0.39, 0.29) is 24.0 Å². The minimum Gasteiger partial charge on any atom is -0.468 e. The molecule has 0 aromatic carbocycles. The average Bonchev–Trinajstić information content (AvgIpc) is 3.10. The van der Waals surface area contributed by atoms with Gasteiger partial charge in [-0.3, -0.25) is 10.1 Å². The largest absolute Gasteiger partial charge is 0.468 e. The quantitative estimate of drug-likeness (QED) is 0.793. The van der Waals surface area contributed by atoms with Gasteiger partial charge in [-0.1, -0.05) is 31.5 Å². The summed E-state index contributed by atoms with van der Waals surface area (Å²) in [5.41, 5.74) is 0. The van der Waals surface area contributed by atoms with Crippen molar-refractivity contribution in [2.75, 3.05) is 7.11 Å². The number of halogens is 1. The van der Waals surface area contributed by atoms with Crippen LogP contribution in [0.4, 0.5) is 0 Å². The van der Waals surface area contributed by atoms with Gasteiger partial charge in [0.25, 0.3) is 0 Å². The molecule has 0 fully saturated rings.